The summed E-state index contributed by atoms with van der Waals surface area (Å²) in [5.74, 6) is 0. The zero-order valence-corrected chi connectivity index (χ0v) is 16.3. The quantitative estimate of drug-likeness (QED) is 0.643. The van der Waals surface area contributed by atoms with Crippen LogP contribution in [0, 0.1) is 13.8 Å². The number of rotatable bonds is 4. The zero-order valence-electron chi connectivity index (χ0n) is 13.1. The monoisotopic (exact) mass is 422 g/mol. The van der Waals surface area contributed by atoms with Crippen molar-refractivity contribution in [1.29, 1.82) is 0 Å². The SMILES string of the molecule is Cc1ccc(S(=O)(=O)Nc2nc(-c3ccc(Br)cc3)c(C)s2)cc1. The van der Waals surface area contributed by atoms with E-state index >= 15 is 0 Å². The predicted molar refractivity (Wildman–Crippen MR) is 102 cm³/mol. The first-order valence-electron chi connectivity index (χ1n) is 7.18. The first-order valence-corrected chi connectivity index (χ1v) is 10.3. The molecule has 3 aromatic rings. The number of aromatic nitrogens is 1. The predicted octanol–water partition coefficient (Wildman–Crippen LogP) is 4.99. The van der Waals surface area contributed by atoms with Gasteiger partial charge in [0.2, 0.25) is 0 Å². The largest absolute Gasteiger partial charge is 0.263 e. The van der Waals surface area contributed by atoms with Gasteiger partial charge in [0.1, 0.15) is 0 Å². The number of nitrogens with zero attached hydrogens (tertiary/aromatic N) is 1. The molecule has 0 unspecified atom stereocenters. The van der Waals surface area contributed by atoms with Crippen molar-refractivity contribution >= 4 is 42.4 Å². The number of halogens is 1. The van der Waals surface area contributed by atoms with Crippen molar-refractivity contribution in [2.45, 2.75) is 18.7 Å². The van der Waals surface area contributed by atoms with E-state index in [2.05, 4.69) is 25.6 Å². The number of benzene rings is 2. The fourth-order valence-corrected chi connectivity index (χ4v) is 4.54. The summed E-state index contributed by atoms with van der Waals surface area (Å²) < 4.78 is 28.5. The number of thiazole rings is 1. The molecule has 0 atom stereocenters. The summed E-state index contributed by atoms with van der Waals surface area (Å²) in [4.78, 5) is 5.64. The minimum atomic E-state index is -3.63. The molecular weight excluding hydrogens is 408 g/mol. The highest BCUT2D eigenvalue weighted by Gasteiger charge is 2.18. The van der Waals surface area contributed by atoms with Crippen LogP contribution >= 0.6 is 27.3 Å². The van der Waals surface area contributed by atoms with E-state index in [0.717, 1.165) is 26.2 Å². The average Bonchev–Trinajstić information content (AvgIpc) is 2.88. The van der Waals surface area contributed by atoms with Crippen LogP contribution in [0.4, 0.5) is 5.13 Å². The van der Waals surface area contributed by atoms with Crippen LogP contribution < -0.4 is 4.72 Å². The molecule has 24 heavy (non-hydrogen) atoms. The van der Waals surface area contributed by atoms with E-state index in [4.69, 9.17) is 0 Å². The second-order valence-electron chi connectivity index (χ2n) is 5.35. The van der Waals surface area contributed by atoms with Gasteiger partial charge in [-0.1, -0.05) is 45.8 Å². The van der Waals surface area contributed by atoms with Gasteiger partial charge in [-0.15, -0.1) is 11.3 Å². The number of anilines is 1. The second-order valence-corrected chi connectivity index (χ2v) is 9.15. The average molecular weight is 423 g/mol. The van der Waals surface area contributed by atoms with Gasteiger partial charge in [0.25, 0.3) is 10.0 Å². The third-order valence-corrected chi connectivity index (χ3v) is 6.37. The third-order valence-electron chi connectivity index (χ3n) is 3.47. The standard InChI is InChI=1S/C17H15BrN2O2S2/c1-11-3-9-15(10-4-11)24(21,22)20-17-19-16(12(2)23-17)13-5-7-14(18)8-6-13/h3-10H,1-2H3,(H,19,20). The van der Waals surface area contributed by atoms with Crippen LogP contribution in [0.15, 0.2) is 57.9 Å². The van der Waals surface area contributed by atoms with Gasteiger partial charge in [0.05, 0.1) is 10.6 Å². The lowest BCUT2D eigenvalue weighted by atomic mass is 10.1. The van der Waals surface area contributed by atoms with Gasteiger partial charge in [0, 0.05) is 14.9 Å². The van der Waals surface area contributed by atoms with Gasteiger partial charge >= 0.3 is 0 Å². The lowest BCUT2D eigenvalue weighted by molar-refractivity contribution is 0.601. The molecule has 3 rings (SSSR count). The Morgan fingerprint density at radius 3 is 2.25 bits per heavy atom. The molecule has 2 aromatic carbocycles. The number of hydrogen-bond acceptors (Lipinski definition) is 4. The zero-order chi connectivity index (χ0) is 17.3. The lowest BCUT2D eigenvalue weighted by Crippen LogP contribution is -2.12. The molecule has 0 aliphatic heterocycles. The van der Waals surface area contributed by atoms with Gasteiger partial charge in [-0.2, -0.15) is 0 Å². The van der Waals surface area contributed by atoms with E-state index in [1.807, 2.05) is 38.1 Å². The molecule has 0 bridgehead atoms. The van der Waals surface area contributed by atoms with Gasteiger partial charge in [-0.05, 0) is 38.1 Å². The maximum Gasteiger partial charge on any atom is 0.263 e. The summed E-state index contributed by atoms with van der Waals surface area (Å²) in [6, 6.07) is 14.5. The Bertz CT molecular complexity index is 963. The number of nitrogens with one attached hydrogen (secondary N) is 1. The van der Waals surface area contributed by atoms with E-state index in [1.165, 1.54) is 11.3 Å². The smallest absolute Gasteiger partial charge is 0.255 e. The molecule has 7 heteroatoms. The molecule has 0 saturated heterocycles. The van der Waals surface area contributed by atoms with E-state index in [-0.39, 0.29) is 4.90 Å². The molecule has 0 amide bonds. The molecule has 124 valence electrons. The second kappa shape index (κ2) is 6.66. The molecule has 0 radical (unpaired) electrons. The molecule has 4 nitrogen and oxygen atoms in total. The number of aryl methyl sites for hydroxylation is 2. The Balaban J connectivity index is 1.90. The summed E-state index contributed by atoms with van der Waals surface area (Å²) in [6.07, 6.45) is 0. The van der Waals surface area contributed by atoms with Crippen LogP contribution in [-0.4, -0.2) is 13.4 Å². The summed E-state index contributed by atoms with van der Waals surface area (Å²) in [5, 5.41) is 0.367. The lowest BCUT2D eigenvalue weighted by Gasteiger charge is -2.05. The molecule has 1 aromatic heterocycles. The highest BCUT2D eigenvalue weighted by molar-refractivity contribution is 9.10. The van der Waals surface area contributed by atoms with Crippen LogP contribution in [0.25, 0.3) is 11.3 Å². The first kappa shape index (κ1) is 17.1. The fraction of sp³-hybridized carbons (Fsp3) is 0.118. The van der Waals surface area contributed by atoms with Crippen molar-refractivity contribution in [3.05, 3.63) is 63.4 Å². The fourth-order valence-electron chi connectivity index (χ4n) is 2.21. The van der Waals surface area contributed by atoms with Crippen molar-refractivity contribution in [3.63, 3.8) is 0 Å². The normalized spacial score (nSPS) is 11.5. The number of hydrogen-bond donors (Lipinski definition) is 1. The maximum atomic E-state index is 12.5. The molecule has 0 spiro atoms. The molecule has 0 fully saturated rings. The van der Waals surface area contributed by atoms with Gasteiger partial charge < -0.3 is 0 Å². The van der Waals surface area contributed by atoms with Crippen LogP contribution in [0.2, 0.25) is 0 Å². The molecular formula is C17H15BrN2O2S2. The van der Waals surface area contributed by atoms with Gasteiger partial charge in [-0.3, -0.25) is 4.72 Å². The first-order chi connectivity index (χ1) is 11.3. The minimum absolute atomic E-state index is 0.228. The molecule has 1 heterocycles. The maximum absolute atomic E-state index is 12.5. The van der Waals surface area contributed by atoms with Crippen LogP contribution in [0.5, 0.6) is 0 Å². The van der Waals surface area contributed by atoms with Crippen molar-refractivity contribution in [2.24, 2.45) is 0 Å². The van der Waals surface area contributed by atoms with E-state index in [9.17, 15) is 8.42 Å². The Kier molecular flexibility index (Phi) is 4.76. The van der Waals surface area contributed by atoms with Crippen LogP contribution in [0.3, 0.4) is 0 Å². The summed E-state index contributed by atoms with van der Waals surface area (Å²) in [7, 11) is -3.63. The third kappa shape index (κ3) is 3.68. The Morgan fingerprint density at radius 1 is 1.00 bits per heavy atom. The van der Waals surface area contributed by atoms with E-state index in [0.29, 0.717) is 5.13 Å². The van der Waals surface area contributed by atoms with Crippen LogP contribution in [-0.2, 0) is 10.0 Å². The topological polar surface area (TPSA) is 59.1 Å². The Labute approximate surface area is 153 Å². The van der Waals surface area contributed by atoms with E-state index < -0.39 is 10.0 Å². The highest BCUT2D eigenvalue weighted by Crippen LogP contribution is 2.32. The Morgan fingerprint density at radius 2 is 1.62 bits per heavy atom. The Hall–Kier alpha value is -1.70. The van der Waals surface area contributed by atoms with E-state index in [1.54, 1.807) is 24.3 Å². The summed E-state index contributed by atoms with van der Waals surface area (Å²) >= 11 is 4.73. The molecule has 0 aliphatic carbocycles. The van der Waals surface area contributed by atoms with Crippen molar-refractivity contribution in [1.82, 2.24) is 4.98 Å². The molecule has 0 saturated carbocycles. The van der Waals surface area contributed by atoms with Gasteiger partial charge in [0.15, 0.2) is 5.13 Å². The van der Waals surface area contributed by atoms with Crippen molar-refractivity contribution in [3.8, 4) is 11.3 Å². The summed E-state index contributed by atoms with van der Waals surface area (Å²) in [6.45, 7) is 3.84. The highest BCUT2D eigenvalue weighted by atomic mass is 79.9. The molecule has 0 aliphatic rings. The molecule has 1 N–H and O–H groups in total. The minimum Gasteiger partial charge on any atom is -0.255 e. The number of sulfonamides is 1. The van der Waals surface area contributed by atoms with Crippen molar-refractivity contribution in [2.75, 3.05) is 4.72 Å². The van der Waals surface area contributed by atoms with Gasteiger partial charge in [-0.25, -0.2) is 13.4 Å². The van der Waals surface area contributed by atoms with Crippen LogP contribution in [0.1, 0.15) is 10.4 Å². The summed E-state index contributed by atoms with van der Waals surface area (Å²) in [5.41, 5.74) is 2.75. The van der Waals surface area contributed by atoms with Crippen molar-refractivity contribution < 1.29 is 8.42 Å².